The van der Waals surface area contributed by atoms with Gasteiger partial charge in [0, 0.05) is 25.5 Å². The Morgan fingerprint density at radius 1 is 1.18 bits per heavy atom. The molecule has 114 valence electrons. The summed E-state index contributed by atoms with van der Waals surface area (Å²) in [5.74, 6) is 0.315. The van der Waals surface area contributed by atoms with Gasteiger partial charge in [-0.15, -0.1) is 0 Å². The van der Waals surface area contributed by atoms with Crippen molar-refractivity contribution in [2.45, 2.75) is 37.1 Å². The van der Waals surface area contributed by atoms with Gasteiger partial charge < -0.3 is 4.90 Å². The number of hydrogen-bond donors (Lipinski definition) is 0. The van der Waals surface area contributed by atoms with E-state index in [0.717, 1.165) is 38.8 Å². The quantitative estimate of drug-likeness (QED) is 0.873. The van der Waals surface area contributed by atoms with Crippen molar-refractivity contribution < 1.29 is 4.79 Å². The number of hydrogen-bond acceptors (Lipinski definition) is 2. The molecule has 4 rings (SSSR count). The van der Waals surface area contributed by atoms with Crippen molar-refractivity contribution in [2.24, 2.45) is 0 Å². The van der Waals surface area contributed by atoms with Crippen molar-refractivity contribution in [1.29, 1.82) is 0 Å². The largest absolute Gasteiger partial charge is 0.340 e. The van der Waals surface area contributed by atoms with E-state index < -0.39 is 0 Å². The second-order valence-corrected chi connectivity index (χ2v) is 6.48. The highest BCUT2D eigenvalue weighted by molar-refractivity contribution is 5.91. The lowest BCUT2D eigenvalue weighted by molar-refractivity contribution is -0.135. The third-order valence-corrected chi connectivity index (χ3v) is 5.07. The Kier molecular flexibility index (Phi) is 3.25. The number of aromatic nitrogens is 2. The molecule has 1 aromatic carbocycles. The number of amides is 1. The lowest BCUT2D eigenvalue weighted by Crippen LogP contribution is -2.45. The number of benzene rings is 1. The Morgan fingerprint density at radius 2 is 2.00 bits per heavy atom. The molecule has 1 aromatic heterocycles. The number of nitrogens with zero attached hydrogens (tertiary/aromatic N) is 3. The minimum Gasteiger partial charge on any atom is -0.340 e. The second-order valence-electron chi connectivity index (χ2n) is 6.48. The van der Waals surface area contributed by atoms with Crippen molar-refractivity contribution >= 4 is 5.91 Å². The van der Waals surface area contributed by atoms with Crippen molar-refractivity contribution in [3.63, 3.8) is 0 Å². The number of likely N-dealkylation sites (tertiary alicyclic amines) is 1. The fourth-order valence-corrected chi connectivity index (χ4v) is 3.66. The Balaban J connectivity index is 1.53. The topological polar surface area (TPSA) is 38.1 Å². The van der Waals surface area contributed by atoms with Crippen molar-refractivity contribution in [3.8, 4) is 0 Å². The van der Waals surface area contributed by atoms with Gasteiger partial charge in [0.25, 0.3) is 0 Å². The fraction of sp³-hybridized carbons (Fsp3) is 0.444. The fourth-order valence-electron chi connectivity index (χ4n) is 3.66. The molecule has 1 saturated heterocycles. The molecule has 0 N–H and O–H groups in total. The summed E-state index contributed by atoms with van der Waals surface area (Å²) in [6.07, 6.45) is 7.94. The Hall–Kier alpha value is -2.10. The summed E-state index contributed by atoms with van der Waals surface area (Å²) in [5.41, 5.74) is 0.939. The van der Waals surface area contributed by atoms with Crippen LogP contribution >= 0.6 is 0 Å². The monoisotopic (exact) mass is 295 g/mol. The number of rotatable bonds is 3. The van der Waals surface area contributed by atoms with Gasteiger partial charge in [-0.25, -0.2) is 0 Å². The lowest BCUT2D eigenvalue weighted by Gasteiger charge is -2.35. The highest BCUT2D eigenvalue weighted by Gasteiger charge is 2.53. The standard InChI is InChI=1S/C18H21N3O/c22-17(18(9-10-18)15-6-2-1-3-7-15)20-12-4-8-16(14-20)21-13-5-11-19-21/h1-3,5-7,11,13,16H,4,8-10,12,14H2. The molecule has 0 radical (unpaired) electrons. The Labute approximate surface area is 130 Å². The van der Waals surface area contributed by atoms with Gasteiger partial charge >= 0.3 is 0 Å². The van der Waals surface area contributed by atoms with Gasteiger partial charge in [0.05, 0.1) is 11.5 Å². The summed E-state index contributed by atoms with van der Waals surface area (Å²) in [7, 11) is 0. The van der Waals surface area contributed by atoms with Crippen LogP contribution in [0, 0.1) is 0 Å². The summed E-state index contributed by atoms with van der Waals surface area (Å²) in [6.45, 7) is 1.67. The van der Waals surface area contributed by atoms with Crippen LogP contribution < -0.4 is 0 Å². The zero-order valence-electron chi connectivity index (χ0n) is 12.7. The van der Waals surface area contributed by atoms with Gasteiger partial charge in [0.1, 0.15) is 0 Å². The molecule has 1 aliphatic carbocycles. The van der Waals surface area contributed by atoms with Crippen LogP contribution in [-0.2, 0) is 10.2 Å². The van der Waals surface area contributed by atoms with E-state index in [0.29, 0.717) is 11.9 Å². The lowest BCUT2D eigenvalue weighted by atomic mass is 9.93. The molecule has 0 spiro atoms. The Bertz CT molecular complexity index is 646. The van der Waals surface area contributed by atoms with Crippen molar-refractivity contribution in [2.75, 3.05) is 13.1 Å². The molecule has 2 aromatic rings. The maximum absolute atomic E-state index is 13.1. The van der Waals surface area contributed by atoms with Gasteiger partial charge in [-0.3, -0.25) is 9.48 Å². The minimum absolute atomic E-state index is 0.243. The second kappa shape index (κ2) is 5.27. The highest BCUT2D eigenvalue weighted by Crippen LogP contribution is 2.50. The minimum atomic E-state index is -0.243. The van der Waals surface area contributed by atoms with Crippen LogP contribution in [0.1, 0.15) is 37.3 Å². The van der Waals surface area contributed by atoms with E-state index in [-0.39, 0.29) is 5.41 Å². The van der Waals surface area contributed by atoms with Crippen LogP contribution in [0.25, 0.3) is 0 Å². The number of piperidine rings is 1. The Morgan fingerprint density at radius 3 is 2.68 bits per heavy atom. The first kappa shape index (κ1) is 13.6. The third kappa shape index (κ3) is 2.23. The summed E-state index contributed by atoms with van der Waals surface area (Å²) in [6, 6.07) is 12.5. The van der Waals surface area contributed by atoms with Gasteiger partial charge in [-0.2, -0.15) is 5.10 Å². The molecule has 1 aliphatic heterocycles. The van der Waals surface area contributed by atoms with E-state index in [1.807, 2.05) is 41.3 Å². The average Bonchev–Trinajstić information content (AvgIpc) is 3.21. The van der Waals surface area contributed by atoms with E-state index in [2.05, 4.69) is 22.1 Å². The maximum atomic E-state index is 13.1. The summed E-state index contributed by atoms with van der Waals surface area (Å²) >= 11 is 0. The van der Waals surface area contributed by atoms with Gasteiger partial charge in [-0.05, 0) is 37.3 Å². The molecule has 4 nitrogen and oxygen atoms in total. The first-order chi connectivity index (χ1) is 10.8. The SMILES string of the molecule is O=C(N1CCCC(n2cccn2)C1)C1(c2ccccc2)CC1. The molecule has 1 saturated carbocycles. The molecule has 4 heteroatoms. The molecule has 2 fully saturated rings. The molecule has 22 heavy (non-hydrogen) atoms. The first-order valence-electron chi connectivity index (χ1n) is 8.14. The normalized spacial score (nSPS) is 23.3. The van der Waals surface area contributed by atoms with E-state index in [9.17, 15) is 4.79 Å². The molecule has 0 bridgehead atoms. The molecule has 2 aliphatic rings. The summed E-state index contributed by atoms with van der Waals surface area (Å²) in [4.78, 5) is 15.2. The molecule has 2 heterocycles. The highest BCUT2D eigenvalue weighted by atomic mass is 16.2. The number of carbonyl (C=O) groups is 1. The maximum Gasteiger partial charge on any atom is 0.233 e. The molecule has 1 unspecified atom stereocenters. The first-order valence-corrected chi connectivity index (χ1v) is 8.14. The third-order valence-electron chi connectivity index (χ3n) is 5.07. The van der Waals surface area contributed by atoms with E-state index in [1.165, 1.54) is 5.56 Å². The van der Waals surface area contributed by atoms with E-state index >= 15 is 0 Å². The van der Waals surface area contributed by atoms with Crippen LogP contribution in [0.2, 0.25) is 0 Å². The predicted molar refractivity (Wildman–Crippen MR) is 84.4 cm³/mol. The van der Waals surface area contributed by atoms with Crippen molar-refractivity contribution in [1.82, 2.24) is 14.7 Å². The summed E-state index contributed by atoms with van der Waals surface area (Å²) in [5, 5.41) is 4.35. The van der Waals surface area contributed by atoms with Crippen LogP contribution in [0.3, 0.4) is 0 Å². The zero-order chi connectivity index (χ0) is 15.0. The van der Waals surface area contributed by atoms with E-state index in [1.54, 1.807) is 0 Å². The zero-order valence-corrected chi connectivity index (χ0v) is 12.7. The van der Waals surface area contributed by atoms with Crippen molar-refractivity contribution in [3.05, 3.63) is 54.4 Å². The predicted octanol–water partition coefficient (Wildman–Crippen LogP) is 2.78. The summed E-state index contributed by atoms with van der Waals surface area (Å²) < 4.78 is 2.00. The van der Waals surface area contributed by atoms with Crippen LogP contribution in [-0.4, -0.2) is 33.7 Å². The van der Waals surface area contributed by atoms with Gasteiger partial charge in [-0.1, -0.05) is 30.3 Å². The van der Waals surface area contributed by atoms with Crippen LogP contribution in [0.4, 0.5) is 0 Å². The molecular formula is C18H21N3O. The van der Waals surface area contributed by atoms with Crippen LogP contribution in [0.5, 0.6) is 0 Å². The number of carbonyl (C=O) groups excluding carboxylic acids is 1. The molecule has 1 atom stereocenters. The average molecular weight is 295 g/mol. The van der Waals surface area contributed by atoms with Gasteiger partial charge in [0.2, 0.25) is 5.91 Å². The molecule has 1 amide bonds. The smallest absolute Gasteiger partial charge is 0.233 e. The molecular weight excluding hydrogens is 274 g/mol. The van der Waals surface area contributed by atoms with Crippen LogP contribution in [0.15, 0.2) is 48.8 Å². The van der Waals surface area contributed by atoms with E-state index in [4.69, 9.17) is 0 Å². The van der Waals surface area contributed by atoms with Gasteiger partial charge in [0.15, 0.2) is 0 Å².